The molecule has 11 heteroatoms. The van der Waals surface area contributed by atoms with Crippen molar-refractivity contribution < 1.29 is 33.6 Å². The van der Waals surface area contributed by atoms with Gasteiger partial charge >= 0.3 is 5.97 Å². The highest BCUT2D eigenvalue weighted by molar-refractivity contribution is 5.91. The number of methoxy groups -OCH3 is 1. The van der Waals surface area contributed by atoms with Gasteiger partial charge in [0.25, 0.3) is 5.56 Å². The Bertz CT molecular complexity index is 1600. The quantitative estimate of drug-likeness (QED) is 0.353. The van der Waals surface area contributed by atoms with E-state index < -0.39 is 11.6 Å². The first-order chi connectivity index (χ1) is 18.8. The van der Waals surface area contributed by atoms with Crippen molar-refractivity contribution in [3.8, 4) is 22.9 Å². The number of rotatable bonds is 7. The first-order valence-electron chi connectivity index (χ1n) is 13.0. The molecule has 0 aliphatic carbocycles. The lowest BCUT2D eigenvalue weighted by Crippen LogP contribution is -2.44. The number of fused-ring (bicyclic) bond motifs is 6. The molecule has 39 heavy (non-hydrogen) atoms. The second-order valence-corrected chi connectivity index (χ2v) is 9.90. The van der Waals surface area contributed by atoms with Gasteiger partial charge in [0.1, 0.15) is 13.2 Å². The van der Waals surface area contributed by atoms with Crippen molar-refractivity contribution in [1.82, 2.24) is 14.5 Å². The van der Waals surface area contributed by atoms with E-state index in [-0.39, 0.29) is 55.6 Å². The minimum absolute atomic E-state index is 0.00472. The molecule has 0 saturated heterocycles. The number of ether oxygens (including phenoxy) is 4. The molecule has 1 N–H and O–H groups in total. The van der Waals surface area contributed by atoms with Crippen LogP contribution in [-0.2, 0) is 44.2 Å². The molecule has 0 fully saturated rings. The third kappa shape index (κ3) is 3.79. The Morgan fingerprint density at radius 3 is 2.64 bits per heavy atom. The smallest absolute Gasteiger partial charge is 0.343 e. The van der Waals surface area contributed by atoms with Crippen molar-refractivity contribution >= 4 is 22.8 Å². The third-order valence-corrected chi connectivity index (χ3v) is 7.93. The summed E-state index contributed by atoms with van der Waals surface area (Å²) in [6, 6.07) is 5.41. The van der Waals surface area contributed by atoms with Crippen LogP contribution in [0.5, 0.6) is 11.5 Å². The van der Waals surface area contributed by atoms with Gasteiger partial charge in [-0.2, -0.15) is 0 Å². The molecule has 0 spiro atoms. The van der Waals surface area contributed by atoms with Gasteiger partial charge in [-0.15, -0.1) is 0 Å². The topological polar surface area (TPSA) is 129 Å². The minimum atomic E-state index is -1.90. The van der Waals surface area contributed by atoms with Crippen LogP contribution in [0.4, 0.5) is 0 Å². The fourth-order valence-electron chi connectivity index (χ4n) is 5.76. The molecule has 11 nitrogen and oxygen atoms in total. The fraction of sp³-hybridized carbons (Fsp3) is 0.429. The number of cyclic esters (lactones) is 1. The zero-order chi connectivity index (χ0) is 27.5. The summed E-state index contributed by atoms with van der Waals surface area (Å²) in [7, 11) is 1.49. The third-order valence-electron chi connectivity index (χ3n) is 7.93. The molecule has 3 aromatic rings. The summed E-state index contributed by atoms with van der Waals surface area (Å²) in [5.74, 6) is 0.319. The molecule has 5 heterocycles. The molecule has 0 bridgehead atoms. The van der Waals surface area contributed by atoms with Gasteiger partial charge < -0.3 is 33.5 Å². The molecule has 0 saturated carbocycles. The van der Waals surface area contributed by atoms with Gasteiger partial charge in [0, 0.05) is 42.8 Å². The lowest BCUT2D eigenvalue weighted by Gasteiger charge is -2.31. The van der Waals surface area contributed by atoms with Gasteiger partial charge in [0.15, 0.2) is 17.1 Å². The Hall–Kier alpha value is -3.96. The Kier molecular flexibility index (Phi) is 6.07. The molecule has 1 aromatic carbocycles. The van der Waals surface area contributed by atoms with E-state index in [1.165, 1.54) is 7.11 Å². The van der Waals surface area contributed by atoms with E-state index in [1.54, 1.807) is 22.5 Å². The monoisotopic (exact) mass is 535 g/mol. The predicted molar refractivity (Wildman–Crippen MR) is 138 cm³/mol. The Labute approximate surface area is 223 Å². The number of aliphatic hydroxyl groups is 1. The second kappa shape index (κ2) is 9.35. The predicted octanol–water partition coefficient (Wildman–Crippen LogP) is 1.85. The summed E-state index contributed by atoms with van der Waals surface area (Å²) < 4.78 is 23.1. The number of carbonyl (C=O) groups is 2. The normalized spacial score (nSPS) is 18.5. The molecule has 1 atom stereocenters. The first kappa shape index (κ1) is 25.3. The molecule has 1 amide bonds. The number of benzene rings is 1. The zero-order valence-corrected chi connectivity index (χ0v) is 22.0. The number of esters is 1. The van der Waals surface area contributed by atoms with Crippen molar-refractivity contribution in [2.24, 2.45) is 0 Å². The van der Waals surface area contributed by atoms with Gasteiger partial charge in [-0.3, -0.25) is 9.59 Å². The molecule has 3 aliphatic rings. The Balaban J connectivity index is 1.53. The molecule has 0 radical (unpaired) electrons. The van der Waals surface area contributed by atoms with E-state index >= 15 is 0 Å². The summed E-state index contributed by atoms with van der Waals surface area (Å²) in [6.45, 7) is 4.74. The molecule has 0 unspecified atom stereocenters. The van der Waals surface area contributed by atoms with E-state index in [4.69, 9.17) is 23.9 Å². The van der Waals surface area contributed by atoms with Crippen LogP contribution in [0.3, 0.4) is 0 Å². The van der Waals surface area contributed by atoms with Crippen molar-refractivity contribution in [3.05, 3.63) is 50.8 Å². The van der Waals surface area contributed by atoms with Crippen LogP contribution in [-0.4, -0.2) is 65.0 Å². The average Bonchev–Trinajstić information content (AvgIpc) is 3.54. The molecule has 3 aliphatic heterocycles. The van der Waals surface area contributed by atoms with Crippen LogP contribution < -0.4 is 15.0 Å². The summed E-state index contributed by atoms with van der Waals surface area (Å²) in [6.07, 6.45) is 0.573. The molecule has 6 rings (SSSR count). The van der Waals surface area contributed by atoms with Gasteiger partial charge in [0.05, 0.1) is 29.0 Å². The molecule has 204 valence electrons. The summed E-state index contributed by atoms with van der Waals surface area (Å²) in [5, 5.41) is 12.0. The lowest BCUT2D eigenvalue weighted by molar-refractivity contribution is -0.172. The molecular weight excluding hydrogens is 506 g/mol. The van der Waals surface area contributed by atoms with Gasteiger partial charge in [-0.25, -0.2) is 9.78 Å². The maximum absolute atomic E-state index is 13.7. The van der Waals surface area contributed by atoms with E-state index in [2.05, 4.69) is 0 Å². The van der Waals surface area contributed by atoms with E-state index in [1.807, 2.05) is 19.1 Å². The number of carbonyl (C=O) groups excluding carboxylic acids is 2. The van der Waals surface area contributed by atoms with Crippen molar-refractivity contribution in [2.75, 3.05) is 33.6 Å². The Morgan fingerprint density at radius 2 is 1.92 bits per heavy atom. The van der Waals surface area contributed by atoms with Gasteiger partial charge in [-0.1, -0.05) is 6.92 Å². The number of nitrogens with zero attached hydrogens (tertiary/aromatic N) is 3. The standard InChI is InChI=1S/C28H29N3O8/c1-4-28(35)19-9-21-25-17(11-31(21)26(33)18(19)12-37-27(28)34)15(6-7-30(5-2)24(32)13-36-3)16-8-22-23(39-14-38-22)10-20(16)29-25/h8-10,35H,4-7,11-14H2,1-3H3/t28-/m0/s1. The highest BCUT2D eigenvalue weighted by Gasteiger charge is 2.45. The molecule has 2 aromatic heterocycles. The highest BCUT2D eigenvalue weighted by atomic mass is 16.7. The zero-order valence-electron chi connectivity index (χ0n) is 22.0. The van der Waals surface area contributed by atoms with Crippen LogP contribution >= 0.6 is 0 Å². The summed E-state index contributed by atoms with van der Waals surface area (Å²) in [5.41, 5.74) is 1.88. The van der Waals surface area contributed by atoms with Crippen LogP contribution in [0.15, 0.2) is 23.0 Å². The van der Waals surface area contributed by atoms with Crippen LogP contribution in [0.2, 0.25) is 0 Å². The number of aromatic nitrogens is 2. The average molecular weight is 536 g/mol. The van der Waals surface area contributed by atoms with Crippen molar-refractivity contribution in [3.63, 3.8) is 0 Å². The largest absolute Gasteiger partial charge is 0.458 e. The maximum atomic E-state index is 13.7. The van der Waals surface area contributed by atoms with E-state index in [0.29, 0.717) is 47.9 Å². The first-order valence-corrected chi connectivity index (χ1v) is 13.0. The summed E-state index contributed by atoms with van der Waals surface area (Å²) in [4.78, 5) is 45.4. The van der Waals surface area contributed by atoms with E-state index in [9.17, 15) is 19.5 Å². The number of amides is 1. The fourth-order valence-corrected chi connectivity index (χ4v) is 5.76. The maximum Gasteiger partial charge on any atom is 0.343 e. The second-order valence-electron chi connectivity index (χ2n) is 9.90. The minimum Gasteiger partial charge on any atom is -0.458 e. The highest BCUT2D eigenvalue weighted by Crippen LogP contribution is 2.43. The summed E-state index contributed by atoms with van der Waals surface area (Å²) >= 11 is 0. The van der Waals surface area contributed by atoms with Crippen molar-refractivity contribution in [1.29, 1.82) is 0 Å². The van der Waals surface area contributed by atoms with Crippen LogP contribution in [0, 0.1) is 0 Å². The van der Waals surface area contributed by atoms with Gasteiger partial charge in [0.2, 0.25) is 12.7 Å². The van der Waals surface area contributed by atoms with Crippen LogP contribution in [0.25, 0.3) is 22.3 Å². The number of hydrogen-bond donors (Lipinski definition) is 1. The van der Waals surface area contributed by atoms with E-state index in [0.717, 1.165) is 16.5 Å². The molecular formula is C28H29N3O8. The SMILES string of the molecule is CCN(CCc1c2c(nc3cc4c(cc13)OCO4)-c1cc3c(c(=O)n1C2)COC(=O)[C@]3(O)CC)C(=O)COC. The number of hydrogen-bond acceptors (Lipinski definition) is 9. The van der Waals surface area contributed by atoms with Crippen LogP contribution in [0.1, 0.15) is 42.5 Å². The van der Waals surface area contributed by atoms with Gasteiger partial charge in [-0.05, 0) is 37.5 Å². The number of pyridine rings is 2. The Morgan fingerprint density at radius 1 is 1.15 bits per heavy atom. The number of likely N-dealkylation sites (N-methyl/N-ethyl adjacent to an activating group) is 1. The van der Waals surface area contributed by atoms with Crippen molar-refractivity contribution in [2.45, 2.75) is 45.4 Å². The lowest BCUT2D eigenvalue weighted by atomic mass is 9.86.